The number of ether oxygens (including phenoxy) is 1. The van der Waals surface area contributed by atoms with Crippen molar-refractivity contribution < 1.29 is 19.4 Å². The summed E-state index contributed by atoms with van der Waals surface area (Å²) in [5, 5.41) is 23.3. The number of diazo groups is 1. The van der Waals surface area contributed by atoms with Gasteiger partial charge in [-0.3, -0.25) is 9.59 Å². The average molecular weight is 339 g/mol. The highest BCUT2D eigenvalue weighted by Crippen LogP contribution is 2.28. The second kappa shape index (κ2) is 9.23. The van der Waals surface area contributed by atoms with Crippen molar-refractivity contribution in [2.75, 3.05) is 6.54 Å². The smallest absolute Gasteiger partial charge is 0.390 e. The van der Waals surface area contributed by atoms with E-state index in [1.165, 1.54) is 0 Å². The topological polar surface area (TPSA) is 119 Å². The lowest BCUT2D eigenvalue weighted by molar-refractivity contribution is -0.130. The molecule has 8 nitrogen and oxygen atoms in total. The quantitative estimate of drug-likeness (QED) is 0.335. The maximum absolute atomic E-state index is 12.3. The van der Waals surface area contributed by atoms with Crippen molar-refractivity contribution >= 4 is 11.8 Å². The molecule has 0 spiro atoms. The number of hydrogen-bond donors (Lipinski definition) is 3. The van der Waals surface area contributed by atoms with Crippen LogP contribution in [-0.2, 0) is 14.3 Å². The summed E-state index contributed by atoms with van der Waals surface area (Å²) in [7, 11) is 0. The van der Waals surface area contributed by atoms with Gasteiger partial charge in [0.2, 0.25) is 17.1 Å². The summed E-state index contributed by atoms with van der Waals surface area (Å²) in [5.41, 5.74) is 0. The Bertz CT molecular complexity index is 525. The van der Waals surface area contributed by atoms with Gasteiger partial charge in [0.05, 0.1) is 0 Å². The molecule has 24 heavy (non-hydrogen) atoms. The van der Waals surface area contributed by atoms with Crippen molar-refractivity contribution in [3.63, 3.8) is 0 Å². The first-order chi connectivity index (χ1) is 11.3. The minimum absolute atomic E-state index is 0.222. The highest BCUT2D eigenvalue weighted by Gasteiger charge is 2.50. The zero-order valence-corrected chi connectivity index (χ0v) is 14.7. The Morgan fingerprint density at radius 1 is 1.25 bits per heavy atom. The van der Waals surface area contributed by atoms with Gasteiger partial charge in [0.1, 0.15) is 6.04 Å². The maximum Gasteiger partial charge on any atom is 0.390 e. The summed E-state index contributed by atoms with van der Waals surface area (Å²) in [6.07, 6.45) is 0.475. The lowest BCUT2D eigenvalue weighted by Crippen LogP contribution is -2.49. The molecular formula is C16H27N4O4+. The molecule has 134 valence electrons. The third-order valence-corrected chi connectivity index (χ3v) is 3.59. The number of aliphatic hydroxyl groups excluding tert-OH is 1. The fourth-order valence-electron chi connectivity index (χ4n) is 2.23. The van der Waals surface area contributed by atoms with Crippen LogP contribution in [0.3, 0.4) is 0 Å². The van der Waals surface area contributed by atoms with Crippen LogP contribution in [0.15, 0.2) is 12.0 Å². The Kier molecular flexibility index (Phi) is 7.65. The summed E-state index contributed by atoms with van der Waals surface area (Å²) in [4.78, 5) is 27.1. The summed E-state index contributed by atoms with van der Waals surface area (Å²) in [5.74, 6) is -0.318. The van der Waals surface area contributed by atoms with Gasteiger partial charge in [-0.1, -0.05) is 27.7 Å². The van der Waals surface area contributed by atoms with Gasteiger partial charge in [-0.25, -0.2) is 0 Å². The first kappa shape index (κ1) is 19.9. The van der Waals surface area contributed by atoms with Gasteiger partial charge in [0, 0.05) is 6.54 Å². The SMILES string of the molecule is CC(C)CCNC(=O)[C@H](CC(C)C)NC(=O)[C@H]1O[C@@H]1/C(O)=C/[N+]#N. The van der Waals surface area contributed by atoms with Crippen LogP contribution in [0, 0.1) is 17.2 Å². The second-order valence-electron chi connectivity index (χ2n) is 6.81. The van der Waals surface area contributed by atoms with E-state index in [9.17, 15) is 14.7 Å². The molecule has 3 N–H and O–H groups in total. The van der Waals surface area contributed by atoms with Crippen LogP contribution in [-0.4, -0.2) is 41.7 Å². The minimum atomic E-state index is -0.874. The highest BCUT2D eigenvalue weighted by atomic mass is 16.6. The van der Waals surface area contributed by atoms with Crippen LogP contribution >= 0.6 is 0 Å². The lowest BCUT2D eigenvalue weighted by atomic mass is 10.0. The van der Waals surface area contributed by atoms with Crippen molar-refractivity contribution in [2.24, 2.45) is 11.8 Å². The molecule has 0 aromatic heterocycles. The number of nitrogens with zero attached hydrogens (tertiary/aromatic N) is 2. The van der Waals surface area contributed by atoms with Gasteiger partial charge < -0.3 is 20.5 Å². The van der Waals surface area contributed by atoms with Gasteiger partial charge in [0.25, 0.3) is 5.91 Å². The van der Waals surface area contributed by atoms with E-state index in [0.29, 0.717) is 18.9 Å². The number of aliphatic hydroxyl groups is 1. The van der Waals surface area contributed by atoms with Crippen LogP contribution in [0.5, 0.6) is 0 Å². The Labute approximate surface area is 142 Å². The average Bonchev–Trinajstić information content (AvgIpc) is 3.26. The molecular weight excluding hydrogens is 312 g/mol. The van der Waals surface area contributed by atoms with Crippen molar-refractivity contribution in [1.29, 1.82) is 5.39 Å². The third kappa shape index (κ3) is 6.54. The third-order valence-electron chi connectivity index (χ3n) is 3.59. The molecule has 0 aromatic rings. The molecule has 1 rings (SSSR count). The Balaban J connectivity index is 2.57. The van der Waals surface area contributed by atoms with E-state index in [2.05, 4.69) is 29.5 Å². The van der Waals surface area contributed by atoms with E-state index < -0.39 is 24.2 Å². The standard InChI is InChI=1S/C16H26N4O4/c1-9(2)5-6-18-15(22)11(7-10(3)4)20-16(23)14-13(24-14)12(21)8-19-17/h8-11,13-14H,5-7H2,1-4H3,(H2-,18,20,21,22,23)/p+1/b12-8-/t11-,13+,14-/m0/s1. The summed E-state index contributed by atoms with van der Waals surface area (Å²) >= 11 is 0. The van der Waals surface area contributed by atoms with Gasteiger partial charge in [-0.2, -0.15) is 0 Å². The Hall–Kier alpha value is -2.14. The van der Waals surface area contributed by atoms with Gasteiger partial charge in [-0.15, -0.1) is 0 Å². The van der Waals surface area contributed by atoms with Crippen LogP contribution in [0.1, 0.15) is 40.5 Å². The number of carbonyl (C=O) groups is 2. The van der Waals surface area contributed by atoms with Crippen LogP contribution in [0.2, 0.25) is 0 Å². The fraction of sp³-hybridized carbons (Fsp3) is 0.750. The summed E-state index contributed by atoms with van der Waals surface area (Å²) in [6.45, 7) is 8.64. The molecule has 1 saturated heterocycles. The largest absolute Gasteiger partial charge is 0.503 e. The molecule has 0 aliphatic carbocycles. The predicted molar refractivity (Wildman–Crippen MR) is 88.3 cm³/mol. The predicted octanol–water partition coefficient (Wildman–Crippen LogP) is 1.70. The number of carbonyl (C=O) groups excluding carboxylic acids is 2. The number of rotatable bonds is 9. The molecule has 0 radical (unpaired) electrons. The van der Waals surface area contributed by atoms with Crippen molar-refractivity contribution in [3.05, 3.63) is 16.9 Å². The van der Waals surface area contributed by atoms with E-state index in [-0.39, 0.29) is 17.6 Å². The Morgan fingerprint density at radius 2 is 1.92 bits per heavy atom. The fourth-order valence-corrected chi connectivity index (χ4v) is 2.23. The first-order valence-electron chi connectivity index (χ1n) is 8.23. The lowest BCUT2D eigenvalue weighted by Gasteiger charge is -2.20. The van der Waals surface area contributed by atoms with Crippen LogP contribution < -0.4 is 10.6 Å². The molecule has 0 aromatic carbocycles. The molecule has 3 atom stereocenters. The zero-order chi connectivity index (χ0) is 18.3. The van der Waals surface area contributed by atoms with E-state index in [1.807, 2.05) is 13.8 Å². The first-order valence-corrected chi connectivity index (χ1v) is 8.23. The van der Waals surface area contributed by atoms with E-state index in [1.54, 1.807) is 0 Å². The number of nitrogens with one attached hydrogen (secondary N) is 2. The van der Waals surface area contributed by atoms with E-state index >= 15 is 0 Å². The van der Waals surface area contributed by atoms with Crippen LogP contribution in [0.25, 0.3) is 4.98 Å². The van der Waals surface area contributed by atoms with Gasteiger partial charge in [0.15, 0.2) is 17.2 Å². The monoisotopic (exact) mass is 339 g/mol. The van der Waals surface area contributed by atoms with Gasteiger partial charge in [-0.05, 0) is 24.7 Å². The van der Waals surface area contributed by atoms with Crippen molar-refractivity contribution in [1.82, 2.24) is 10.6 Å². The molecule has 1 heterocycles. The number of epoxide rings is 1. The summed E-state index contributed by atoms with van der Waals surface area (Å²) in [6, 6.07) is -0.650. The molecule has 1 aliphatic rings. The van der Waals surface area contributed by atoms with Crippen molar-refractivity contribution in [3.8, 4) is 0 Å². The molecule has 8 heteroatoms. The highest BCUT2D eigenvalue weighted by molar-refractivity contribution is 5.91. The van der Waals surface area contributed by atoms with Crippen molar-refractivity contribution in [2.45, 2.75) is 58.8 Å². The normalized spacial score (nSPS) is 21.3. The summed E-state index contributed by atoms with van der Waals surface area (Å²) < 4.78 is 5.06. The number of hydrogen-bond acceptors (Lipinski definition) is 5. The molecule has 2 amide bonds. The maximum atomic E-state index is 12.3. The molecule has 0 bridgehead atoms. The zero-order valence-electron chi connectivity index (χ0n) is 14.7. The molecule has 0 unspecified atom stereocenters. The Morgan fingerprint density at radius 3 is 2.46 bits per heavy atom. The minimum Gasteiger partial charge on any atom is -0.503 e. The molecule has 1 aliphatic heterocycles. The van der Waals surface area contributed by atoms with Crippen LogP contribution in [0.4, 0.5) is 0 Å². The molecule has 0 saturated carbocycles. The number of amides is 2. The van der Waals surface area contributed by atoms with E-state index in [0.717, 1.165) is 12.6 Å². The van der Waals surface area contributed by atoms with E-state index in [4.69, 9.17) is 10.1 Å². The van der Waals surface area contributed by atoms with Gasteiger partial charge >= 0.3 is 6.20 Å². The second-order valence-corrected chi connectivity index (χ2v) is 6.81. The molecule has 1 fully saturated rings.